The van der Waals surface area contributed by atoms with E-state index in [1.165, 1.54) is 0 Å². The van der Waals surface area contributed by atoms with Gasteiger partial charge in [0.2, 0.25) is 0 Å². The van der Waals surface area contributed by atoms with Crippen LogP contribution in [0.1, 0.15) is 26.3 Å². The third-order valence-electron chi connectivity index (χ3n) is 2.64. The first kappa shape index (κ1) is 12.8. The van der Waals surface area contributed by atoms with Crippen LogP contribution in [0.25, 0.3) is 0 Å². The zero-order valence-corrected chi connectivity index (χ0v) is 10.4. The van der Waals surface area contributed by atoms with Gasteiger partial charge in [-0.15, -0.1) is 0 Å². The normalized spacial score (nSPS) is 10.2. The molecule has 0 amide bonds. The summed E-state index contributed by atoms with van der Waals surface area (Å²) in [6.45, 7) is 8.77. The van der Waals surface area contributed by atoms with Crippen molar-refractivity contribution in [1.29, 1.82) is 0 Å². The Balaban J connectivity index is 2.98. The molecule has 0 saturated carbocycles. The van der Waals surface area contributed by atoms with Crippen LogP contribution in [0.15, 0.2) is 18.2 Å². The fourth-order valence-corrected chi connectivity index (χ4v) is 1.77. The molecule has 3 nitrogen and oxygen atoms in total. The first-order chi connectivity index (χ1) is 7.76. The van der Waals surface area contributed by atoms with E-state index >= 15 is 0 Å². The molecule has 0 aromatic heterocycles. The second-order valence-electron chi connectivity index (χ2n) is 3.56. The Labute approximate surface area is 97.7 Å². The van der Waals surface area contributed by atoms with Crippen molar-refractivity contribution < 1.29 is 9.84 Å². The highest BCUT2D eigenvalue weighted by Gasteiger charge is 2.07. The summed E-state index contributed by atoms with van der Waals surface area (Å²) in [5.74, 6) is 0.779. The monoisotopic (exact) mass is 223 g/mol. The molecule has 0 heterocycles. The van der Waals surface area contributed by atoms with Crippen LogP contribution in [-0.4, -0.2) is 24.8 Å². The fourth-order valence-electron chi connectivity index (χ4n) is 1.77. The topological polar surface area (TPSA) is 32.7 Å². The van der Waals surface area contributed by atoms with E-state index < -0.39 is 0 Å². The van der Waals surface area contributed by atoms with Crippen LogP contribution in [0.3, 0.4) is 0 Å². The molecule has 1 N–H and O–H groups in total. The van der Waals surface area contributed by atoms with Gasteiger partial charge in [0, 0.05) is 24.3 Å². The number of benzene rings is 1. The molecule has 3 heteroatoms. The van der Waals surface area contributed by atoms with Crippen molar-refractivity contribution in [3.05, 3.63) is 23.8 Å². The molecule has 1 rings (SSSR count). The molecule has 0 fully saturated rings. The highest BCUT2D eigenvalue weighted by Crippen LogP contribution is 2.25. The standard InChI is InChI=1S/C13H21NO2/c1-4-14(5-2)12-7-8-13(16-6-3)11(9-12)10-15/h7-9,15H,4-6,10H2,1-3H3. The van der Waals surface area contributed by atoms with Gasteiger partial charge in [0.15, 0.2) is 0 Å². The van der Waals surface area contributed by atoms with Gasteiger partial charge in [-0.3, -0.25) is 0 Å². The van der Waals surface area contributed by atoms with Crippen LogP contribution in [0.5, 0.6) is 5.75 Å². The molecule has 1 aromatic rings. The first-order valence-electron chi connectivity index (χ1n) is 5.88. The number of hydrogen-bond donors (Lipinski definition) is 1. The predicted molar refractivity (Wildman–Crippen MR) is 67.1 cm³/mol. The first-order valence-corrected chi connectivity index (χ1v) is 5.88. The molecule has 90 valence electrons. The Morgan fingerprint density at radius 3 is 2.38 bits per heavy atom. The second-order valence-corrected chi connectivity index (χ2v) is 3.56. The average Bonchev–Trinajstić information content (AvgIpc) is 2.32. The van der Waals surface area contributed by atoms with Crippen LogP contribution < -0.4 is 9.64 Å². The summed E-state index contributed by atoms with van der Waals surface area (Å²) >= 11 is 0. The Kier molecular flexibility index (Phi) is 5.12. The Morgan fingerprint density at radius 1 is 1.19 bits per heavy atom. The number of rotatable bonds is 6. The summed E-state index contributed by atoms with van der Waals surface area (Å²) in [4.78, 5) is 2.24. The number of hydrogen-bond acceptors (Lipinski definition) is 3. The molecule has 0 spiro atoms. The van der Waals surface area contributed by atoms with Gasteiger partial charge in [-0.05, 0) is 39.0 Å². The van der Waals surface area contributed by atoms with Gasteiger partial charge in [-0.2, -0.15) is 0 Å². The smallest absolute Gasteiger partial charge is 0.124 e. The van der Waals surface area contributed by atoms with Gasteiger partial charge in [-0.1, -0.05) is 0 Å². The third kappa shape index (κ3) is 2.89. The lowest BCUT2D eigenvalue weighted by Gasteiger charge is -2.22. The molecule has 0 aliphatic carbocycles. The zero-order chi connectivity index (χ0) is 12.0. The Bertz CT molecular complexity index is 322. The number of nitrogens with zero attached hydrogens (tertiary/aromatic N) is 1. The third-order valence-corrected chi connectivity index (χ3v) is 2.64. The van der Waals surface area contributed by atoms with Gasteiger partial charge < -0.3 is 14.7 Å². The van der Waals surface area contributed by atoms with Gasteiger partial charge in [0.25, 0.3) is 0 Å². The van der Waals surface area contributed by atoms with Crippen molar-refractivity contribution in [3.63, 3.8) is 0 Å². The zero-order valence-electron chi connectivity index (χ0n) is 10.4. The SMILES string of the molecule is CCOc1ccc(N(CC)CC)cc1CO. The lowest BCUT2D eigenvalue weighted by atomic mass is 10.1. The van der Waals surface area contributed by atoms with Crippen LogP contribution in [0.2, 0.25) is 0 Å². The molecule has 0 aliphatic heterocycles. The highest BCUT2D eigenvalue weighted by molar-refractivity contribution is 5.53. The van der Waals surface area contributed by atoms with E-state index in [-0.39, 0.29) is 6.61 Å². The molecular weight excluding hydrogens is 202 g/mol. The van der Waals surface area contributed by atoms with Crippen LogP contribution >= 0.6 is 0 Å². The number of aliphatic hydroxyl groups excluding tert-OH is 1. The molecule has 0 unspecified atom stereocenters. The molecule has 0 saturated heterocycles. The predicted octanol–water partition coefficient (Wildman–Crippen LogP) is 2.42. The van der Waals surface area contributed by atoms with Crippen LogP contribution in [-0.2, 0) is 6.61 Å². The van der Waals surface area contributed by atoms with Gasteiger partial charge in [0.05, 0.1) is 13.2 Å². The van der Waals surface area contributed by atoms with Crippen molar-refractivity contribution >= 4 is 5.69 Å². The van der Waals surface area contributed by atoms with E-state index in [9.17, 15) is 5.11 Å². The van der Waals surface area contributed by atoms with E-state index in [2.05, 4.69) is 18.7 Å². The van der Waals surface area contributed by atoms with Gasteiger partial charge >= 0.3 is 0 Å². The largest absolute Gasteiger partial charge is 0.494 e. The summed E-state index contributed by atoms with van der Waals surface area (Å²) in [5, 5.41) is 9.30. The van der Waals surface area contributed by atoms with E-state index in [1.54, 1.807) is 0 Å². The summed E-state index contributed by atoms with van der Waals surface area (Å²) in [6.07, 6.45) is 0. The van der Waals surface area contributed by atoms with Crippen molar-refractivity contribution in [2.45, 2.75) is 27.4 Å². The van der Waals surface area contributed by atoms with E-state index in [0.717, 1.165) is 30.1 Å². The summed E-state index contributed by atoms with van der Waals surface area (Å²) in [6, 6.07) is 5.97. The molecule has 0 atom stereocenters. The molecular formula is C13H21NO2. The van der Waals surface area contributed by atoms with Crippen molar-refractivity contribution in [2.24, 2.45) is 0 Å². The highest BCUT2D eigenvalue weighted by atomic mass is 16.5. The fraction of sp³-hybridized carbons (Fsp3) is 0.538. The molecule has 1 aromatic carbocycles. The quantitative estimate of drug-likeness (QED) is 0.804. The molecule has 16 heavy (non-hydrogen) atoms. The van der Waals surface area contributed by atoms with Gasteiger partial charge in [0.1, 0.15) is 5.75 Å². The summed E-state index contributed by atoms with van der Waals surface area (Å²) in [7, 11) is 0. The summed E-state index contributed by atoms with van der Waals surface area (Å²) in [5.41, 5.74) is 1.99. The molecule has 0 aliphatic rings. The van der Waals surface area contributed by atoms with Gasteiger partial charge in [-0.25, -0.2) is 0 Å². The minimum Gasteiger partial charge on any atom is -0.494 e. The van der Waals surface area contributed by atoms with Crippen molar-refractivity contribution in [2.75, 3.05) is 24.6 Å². The lowest BCUT2D eigenvalue weighted by molar-refractivity contribution is 0.267. The minimum absolute atomic E-state index is 0.0183. The maximum Gasteiger partial charge on any atom is 0.124 e. The lowest BCUT2D eigenvalue weighted by Crippen LogP contribution is -2.21. The molecule has 0 radical (unpaired) electrons. The maximum absolute atomic E-state index is 9.30. The number of aliphatic hydroxyl groups is 1. The van der Waals surface area contributed by atoms with Crippen molar-refractivity contribution in [1.82, 2.24) is 0 Å². The Hall–Kier alpha value is -1.22. The van der Waals surface area contributed by atoms with Crippen LogP contribution in [0.4, 0.5) is 5.69 Å². The van der Waals surface area contributed by atoms with Crippen LogP contribution in [0, 0.1) is 0 Å². The van der Waals surface area contributed by atoms with E-state index in [0.29, 0.717) is 6.61 Å². The second kappa shape index (κ2) is 6.38. The van der Waals surface area contributed by atoms with E-state index in [1.807, 2.05) is 25.1 Å². The Morgan fingerprint density at radius 2 is 1.88 bits per heavy atom. The number of ether oxygens (including phenoxy) is 1. The summed E-state index contributed by atoms with van der Waals surface area (Å²) < 4.78 is 5.45. The maximum atomic E-state index is 9.30. The average molecular weight is 223 g/mol. The molecule has 0 bridgehead atoms. The van der Waals surface area contributed by atoms with Crippen molar-refractivity contribution in [3.8, 4) is 5.75 Å². The van der Waals surface area contributed by atoms with E-state index in [4.69, 9.17) is 4.74 Å². The number of anilines is 1. The minimum atomic E-state index is 0.0183.